The van der Waals surface area contributed by atoms with Gasteiger partial charge in [-0.3, -0.25) is 9.59 Å². The van der Waals surface area contributed by atoms with Crippen molar-refractivity contribution in [3.8, 4) is 0 Å². The Balaban J connectivity index is 1.76. The van der Waals surface area contributed by atoms with E-state index in [9.17, 15) is 18.4 Å². The third-order valence-corrected chi connectivity index (χ3v) is 4.44. The highest BCUT2D eigenvalue weighted by atomic mass is 19.1. The Hall–Kier alpha value is -3.48. The molecule has 3 rings (SSSR count). The highest BCUT2D eigenvalue weighted by Crippen LogP contribution is 2.18. The van der Waals surface area contributed by atoms with Crippen LogP contribution in [0.1, 0.15) is 34.6 Å². The molecule has 0 aliphatic rings. The number of furan rings is 1. The molecule has 2 amide bonds. The molecule has 2 N–H and O–H groups in total. The Morgan fingerprint density at radius 2 is 1.76 bits per heavy atom. The van der Waals surface area contributed by atoms with Gasteiger partial charge in [0.05, 0.1) is 12.3 Å². The van der Waals surface area contributed by atoms with Crippen molar-refractivity contribution < 1.29 is 22.8 Å². The highest BCUT2D eigenvalue weighted by molar-refractivity contribution is 5.95. The van der Waals surface area contributed by atoms with Gasteiger partial charge in [0.15, 0.2) is 5.76 Å². The minimum absolute atomic E-state index is 0.0773. The van der Waals surface area contributed by atoms with Crippen LogP contribution in [0.4, 0.5) is 8.78 Å². The van der Waals surface area contributed by atoms with E-state index in [4.69, 9.17) is 4.42 Å². The van der Waals surface area contributed by atoms with Gasteiger partial charge in [0.2, 0.25) is 5.91 Å². The molecule has 0 saturated carbocycles. The number of nitrogens with one attached hydrogen (secondary N) is 2. The fourth-order valence-corrected chi connectivity index (χ4v) is 2.94. The molecule has 150 valence electrons. The minimum Gasteiger partial charge on any atom is -0.459 e. The van der Waals surface area contributed by atoms with E-state index >= 15 is 0 Å². The van der Waals surface area contributed by atoms with Crippen LogP contribution in [0.3, 0.4) is 0 Å². The Labute approximate surface area is 166 Å². The third-order valence-electron chi connectivity index (χ3n) is 4.44. The lowest BCUT2D eigenvalue weighted by Crippen LogP contribution is -2.48. The van der Waals surface area contributed by atoms with Gasteiger partial charge >= 0.3 is 0 Å². The summed E-state index contributed by atoms with van der Waals surface area (Å²) in [5, 5.41) is 5.33. The molecule has 1 heterocycles. The fraction of sp³-hybridized carbons (Fsp3) is 0.182. The van der Waals surface area contributed by atoms with Crippen LogP contribution < -0.4 is 10.6 Å². The lowest BCUT2D eigenvalue weighted by atomic mass is 10.0. The molecule has 5 nitrogen and oxygen atoms in total. The summed E-state index contributed by atoms with van der Waals surface area (Å²) in [6.45, 7) is 1.59. The molecule has 1 aromatic heterocycles. The van der Waals surface area contributed by atoms with Gasteiger partial charge in [-0.05, 0) is 30.7 Å². The van der Waals surface area contributed by atoms with Crippen LogP contribution in [-0.2, 0) is 11.2 Å². The Bertz CT molecular complexity index is 975. The molecule has 0 aliphatic heterocycles. The van der Waals surface area contributed by atoms with E-state index in [1.807, 2.05) is 30.3 Å². The first-order chi connectivity index (χ1) is 13.9. The molecule has 3 aromatic rings. The summed E-state index contributed by atoms with van der Waals surface area (Å²) in [5.74, 6) is -2.40. The normalized spacial score (nSPS) is 12.8. The number of carbonyl (C=O) groups is 2. The van der Waals surface area contributed by atoms with Crippen LogP contribution in [0.5, 0.6) is 0 Å². The molecule has 2 unspecified atom stereocenters. The smallest absolute Gasteiger partial charge is 0.287 e. The zero-order chi connectivity index (χ0) is 20.8. The second-order valence-corrected chi connectivity index (χ2v) is 6.59. The molecule has 2 atom stereocenters. The van der Waals surface area contributed by atoms with Crippen molar-refractivity contribution in [3.05, 3.63) is 95.4 Å². The zero-order valence-electron chi connectivity index (χ0n) is 15.7. The van der Waals surface area contributed by atoms with Crippen LogP contribution in [-0.4, -0.2) is 17.9 Å². The lowest BCUT2D eigenvalue weighted by molar-refractivity contribution is -0.123. The topological polar surface area (TPSA) is 71.3 Å². The molecule has 0 aliphatic carbocycles. The van der Waals surface area contributed by atoms with Crippen LogP contribution in [0.25, 0.3) is 0 Å². The van der Waals surface area contributed by atoms with Gasteiger partial charge in [-0.25, -0.2) is 8.78 Å². The van der Waals surface area contributed by atoms with Gasteiger partial charge in [-0.15, -0.1) is 0 Å². The number of carbonyl (C=O) groups excluding carboxylic acids is 2. The highest BCUT2D eigenvalue weighted by Gasteiger charge is 2.25. The first-order valence-corrected chi connectivity index (χ1v) is 9.07. The maximum absolute atomic E-state index is 14.0. The molecule has 0 spiro atoms. The van der Waals surface area contributed by atoms with E-state index in [0.29, 0.717) is 0 Å². The van der Waals surface area contributed by atoms with Crippen LogP contribution in [0, 0.1) is 11.6 Å². The van der Waals surface area contributed by atoms with E-state index in [1.54, 1.807) is 13.0 Å². The van der Waals surface area contributed by atoms with Crippen molar-refractivity contribution >= 4 is 11.8 Å². The maximum atomic E-state index is 14.0. The molecule has 2 aromatic carbocycles. The molecule has 0 bridgehead atoms. The Morgan fingerprint density at radius 3 is 2.41 bits per heavy atom. The molecule has 29 heavy (non-hydrogen) atoms. The molecule has 0 radical (unpaired) electrons. The molecular formula is C22H20F2N2O3. The first kappa shape index (κ1) is 20.3. The lowest BCUT2D eigenvalue weighted by Gasteiger charge is -2.22. The van der Waals surface area contributed by atoms with Gasteiger partial charge in [-0.1, -0.05) is 36.4 Å². The average Bonchev–Trinajstić information content (AvgIpc) is 3.23. The van der Waals surface area contributed by atoms with E-state index in [1.165, 1.54) is 18.4 Å². The van der Waals surface area contributed by atoms with Gasteiger partial charge in [0.25, 0.3) is 5.91 Å². The molecule has 7 heteroatoms. The maximum Gasteiger partial charge on any atom is 0.287 e. The predicted molar refractivity (Wildman–Crippen MR) is 103 cm³/mol. The average molecular weight is 398 g/mol. The number of benzene rings is 2. The summed E-state index contributed by atoms with van der Waals surface area (Å²) in [7, 11) is 0. The van der Waals surface area contributed by atoms with Crippen LogP contribution >= 0.6 is 0 Å². The summed E-state index contributed by atoms with van der Waals surface area (Å²) in [5.41, 5.74) is 0.989. The predicted octanol–water partition coefficient (Wildman–Crippen LogP) is 3.78. The summed E-state index contributed by atoms with van der Waals surface area (Å²) >= 11 is 0. The summed E-state index contributed by atoms with van der Waals surface area (Å²) in [6.07, 6.45) is 1.60. The van der Waals surface area contributed by atoms with E-state index in [0.717, 1.165) is 17.7 Å². The molecule has 0 saturated heterocycles. The van der Waals surface area contributed by atoms with Gasteiger partial charge in [-0.2, -0.15) is 0 Å². The second-order valence-electron chi connectivity index (χ2n) is 6.59. The number of halogens is 2. The summed E-state index contributed by atoms with van der Waals surface area (Å²) < 4.78 is 32.2. The first-order valence-electron chi connectivity index (χ1n) is 9.07. The SMILES string of the molecule is CC(NC(=O)C(Cc1ccccc1)NC(=O)c1ccco1)c1ccc(F)cc1F. The van der Waals surface area contributed by atoms with E-state index in [-0.39, 0.29) is 17.7 Å². The number of amides is 2. The summed E-state index contributed by atoms with van der Waals surface area (Å²) in [6, 6.07) is 13.8. The molecular weight excluding hydrogens is 378 g/mol. The number of hydrogen-bond acceptors (Lipinski definition) is 3. The van der Waals surface area contributed by atoms with Gasteiger partial charge in [0, 0.05) is 18.1 Å². The third kappa shape index (κ3) is 5.28. The van der Waals surface area contributed by atoms with Crippen LogP contribution in [0.2, 0.25) is 0 Å². The van der Waals surface area contributed by atoms with Crippen molar-refractivity contribution in [2.45, 2.75) is 25.4 Å². The monoisotopic (exact) mass is 398 g/mol. The van der Waals surface area contributed by atoms with Crippen molar-refractivity contribution in [2.75, 3.05) is 0 Å². The van der Waals surface area contributed by atoms with Crippen molar-refractivity contribution in [1.29, 1.82) is 0 Å². The van der Waals surface area contributed by atoms with Crippen molar-refractivity contribution in [2.24, 2.45) is 0 Å². The minimum atomic E-state index is -0.916. The van der Waals surface area contributed by atoms with Crippen molar-refractivity contribution in [3.63, 3.8) is 0 Å². The number of rotatable bonds is 7. The molecule has 0 fully saturated rings. The fourth-order valence-electron chi connectivity index (χ4n) is 2.94. The van der Waals surface area contributed by atoms with Gasteiger partial charge < -0.3 is 15.1 Å². The largest absolute Gasteiger partial charge is 0.459 e. The van der Waals surface area contributed by atoms with Gasteiger partial charge in [0.1, 0.15) is 17.7 Å². The van der Waals surface area contributed by atoms with Crippen LogP contribution in [0.15, 0.2) is 71.3 Å². The second kappa shape index (κ2) is 9.14. The van der Waals surface area contributed by atoms with E-state index < -0.39 is 35.5 Å². The quantitative estimate of drug-likeness (QED) is 0.636. The Morgan fingerprint density at radius 1 is 1.00 bits per heavy atom. The van der Waals surface area contributed by atoms with Crippen molar-refractivity contribution in [1.82, 2.24) is 10.6 Å². The van der Waals surface area contributed by atoms with E-state index in [2.05, 4.69) is 10.6 Å². The number of hydrogen-bond donors (Lipinski definition) is 2. The standard InChI is InChI=1S/C22H20F2N2O3/c1-14(17-10-9-16(23)13-18(17)24)25-21(27)19(12-15-6-3-2-4-7-15)26-22(28)20-8-5-11-29-20/h2-11,13-14,19H,12H2,1H3,(H,25,27)(H,26,28). The Kier molecular flexibility index (Phi) is 6.39. The summed E-state index contributed by atoms with van der Waals surface area (Å²) in [4.78, 5) is 25.2. The zero-order valence-corrected chi connectivity index (χ0v) is 15.7.